The summed E-state index contributed by atoms with van der Waals surface area (Å²) < 4.78 is 1.86. The van der Waals surface area contributed by atoms with E-state index in [2.05, 4.69) is 10.3 Å². The molecule has 0 fully saturated rings. The van der Waals surface area contributed by atoms with E-state index in [4.69, 9.17) is 0 Å². The Bertz CT molecular complexity index is 821. The van der Waals surface area contributed by atoms with Crippen LogP contribution in [-0.4, -0.2) is 15.3 Å². The maximum absolute atomic E-state index is 12.7. The largest absolute Gasteiger partial charge is 0.344 e. The van der Waals surface area contributed by atoms with Crippen LogP contribution in [0.5, 0.6) is 0 Å². The molecule has 1 N–H and O–H groups in total. The second-order valence-corrected chi connectivity index (χ2v) is 5.59. The van der Waals surface area contributed by atoms with Gasteiger partial charge in [-0.1, -0.05) is 36.4 Å². The van der Waals surface area contributed by atoms with Gasteiger partial charge in [-0.05, 0) is 38.0 Å². The van der Waals surface area contributed by atoms with E-state index < -0.39 is 0 Å². The first-order chi connectivity index (χ1) is 10.6. The number of aromatic nitrogens is 2. The van der Waals surface area contributed by atoms with Crippen LogP contribution in [0, 0.1) is 13.8 Å². The fourth-order valence-corrected chi connectivity index (χ4v) is 2.63. The van der Waals surface area contributed by atoms with Crippen molar-refractivity contribution in [2.45, 2.75) is 26.8 Å². The van der Waals surface area contributed by atoms with Gasteiger partial charge in [0.1, 0.15) is 11.3 Å². The third-order valence-corrected chi connectivity index (χ3v) is 3.80. The normalized spacial score (nSPS) is 12.3. The van der Waals surface area contributed by atoms with Gasteiger partial charge < -0.3 is 5.32 Å². The van der Waals surface area contributed by atoms with E-state index in [1.54, 1.807) is 0 Å². The molecule has 1 aromatic carbocycles. The Morgan fingerprint density at radius 3 is 2.59 bits per heavy atom. The molecule has 0 saturated carbocycles. The average molecular weight is 293 g/mol. The molecule has 0 aliphatic carbocycles. The van der Waals surface area contributed by atoms with Crippen molar-refractivity contribution in [1.29, 1.82) is 0 Å². The monoisotopic (exact) mass is 293 g/mol. The van der Waals surface area contributed by atoms with Gasteiger partial charge in [0.25, 0.3) is 5.91 Å². The molecule has 2 aromatic heterocycles. The highest BCUT2D eigenvalue weighted by Gasteiger charge is 2.18. The van der Waals surface area contributed by atoms with Crippen LogP contribution in [0.2, 0.25) is 0 Å². The van der Waals surface area contributed by atoms with Gasteiger partial charge in [-0.2, -0.15) is 0 Å². The Kier molecular flexibility index (Phi) is 3.67. The number of carbonyl (C=O) groups excluding carboxylic acids is 1. The van der Waals surface area contributed by atoms with Crippen molar-refractivity contribution in [1.82, 2.24) is 14.7 Å². The van der Waals surface area contributed by atoms with Crippen molar-refractivity contribution in [2.24, 2.45) is 0 Å². The molecule has 0 aliphatic rings. The van der Waals surface area contributed by atoms with Gasteiger partial charge in [-0.25, -0.2) is 4.98 Å². The van der Waals surface area contributed by atoms with Gasteiger partial charge in [0.15, 0.2) is 0 Å². The zero-order valence-electron chi connectivity index (χ0n) is 13.0. The first-order valence-corrected chi connectivity index (χ1v) is 7.37. The van der Waals surface area contributed by atoms with Gasteiger partial charge in [-0.3, -0.25) is 9.20 Å². The van der Waals surface area contributed by atoms with Crippen LogP contribution in [0.3, 0.4) is 0 Å². The molecule has 0 radical (unpaired) electrons. The van der Waals surface area contributed by atoms with Gasteiger partial charge >= 0.3 is 0 Å². The van der Waals surface area contributed by atoms with Crippen molar-refractivity contribution < 1.29 is 4.79 Å². The molecule has 0 unspecified atom stereocenters. The summed E-state index contributed by atoms with van der Waals surface area (Å²) >= 11 is 0. The molecule has 4 nitrogen and oxygen atoms in total. The number of hydrogen-bond donors (Lipinski definition) is 1. The maximum Gasteiger partial charge on any atom is 0.270 e. The summed E-state index contributed by atoms with van der Waals surface area (Å²) in [6, 6.07) is 13.8. The molecule has 112 valence electrons. The Labute approximate surface area is 129 Å². The topological polar surface area (TPSA) is 46.4 Å². The summed E-state index contributed by atoms with van der Waals surface area (Å²) in [7, 11) is 0. The maximum atomic E-state index is 12.7. The number of nitrogens with one attached hydrogen (secondary N) is 1. The standard InChI is InChI=1S/C18H19N3O/c1-12-9-10-16-19-14(3)17(21(16)11-12)18(22)20-13(2)15-7-5-4-6-8-15/h4-11,13H,1-3H3,(H,20,22)/t13-/m0/s1. The number of nitrogens with zero attached hydrogens (tertiary/aromatic N) is 2. The van der Waals surface area contributed by atoms with E-state index in [1.807, 2.05) is 73.8 Å². The zero-order valence-corrected chi connectivity index (χ0v) is 13.0. The lowest BCUT2D eigenvalue weighted by molar-refractivity contribution is 0.0933. The van der Waals surface area contributed by atoms with Crippen LogP contribution in [0.4, 0.5) is 0 Å². The molecule has 3 rings (SSSR count). The quantitative estimate of drug-likeness (QED) is 0.804. The number of hydrogen-bond acceptors (Lipinski definition) is 2. The molecule has 0 bridgehead atoms. The van der Waals surface area contributed by atoms with E-state index in [0.29, 0.717) is 5.69 Å². The van der Waals surface area contributed by atoms with E-state index >= 15 is 0 Å². The molecule has 0 spiro atoms. The Hall–Kier alpha value is -2.62. The van der Waals surface area contributed by atoms with Gasteiger partial charge in [0, 0.05) is 6.20 Å². The van der Waals surface area contributed by atoms with Crippen LogP contribution in [0.15, 0.2) is 48.7 Å². The molecule has 22 heavy (non-hydrogen) atoms. The number of aryl methyl sites for hydroxylation is 2. The molecule has 0 aliphatic heterocycles. The second-order valence-electron chi connectivity index (χ2n) is 5.59. The molecular formula is C18H19N3O. The fraction of sp³-hybridized carbons (Fsp3) is 0.222. The molecule has 2 heterocycles. The smallest absolute Gasteiger partial charge is 0.270 e. The number of fused-ring (bicyclic) bond motifs is 1. The third-order valence-electron chi connectivity index (χ3n) is 3.80. The Morgan fingerprint density at radius 1 is 1.14 bits per heavy atom. The van der Waals surface area contributed by atoms with Crippen LogP contribution in [-0.2, 0) is 0 Å². The highest BCUT2D eigenvalue weighted by atomic mass is 16.2. The lowest BCUT2D eigenvalue weighted by Gasteiger charge is -2.14. The SMILES string of the molecule is Cc1ccc2nc(C)c(C(=O)N[C@@H](C)c3ccccc3)n2c1. The van der Waals surface area contributed by atoms with E-state index in [-0.39, 0.29) is 11.9 Å². The molecule has 1 amide bonds. The van der Waals surface area contributed by atoms with E-state index in [0.717, 1.165) is 22.5 Å². The summed E-state index contributed by atoms with van der Waals surface area (Å²) in [4.78, 5) is 17.1. The van der Waals surface area contributed by atoms with Crippen LogP contribution >= 0.6 is 0 Å². The molecule has 0 saturated heterocycles. The van der Waals surface area contributed by atoms with Crippen molar-refractivity contribution in [3.63, 3.8) is 0 Å². The first kappa shape index (κ1) is 14.3. The predicted octanol–water partition coefficient (Wildman–Crippen LogP) is 3.44. The minimum atomic E-state index is -0.105. The number of benzene rings is 1. The highest BCUT2D eigenvalue weighted by molar-refractivity contribution is 5.94. The number of carbonyl (C=O) groups is 1. The van der Waals surface area contributed by atoms with Crippen LogP contribution in [0.25, 0.3) is 5.65 Å². The van der Waals surface area contributed by atoms with Crippen molar-refractivity contribution >= 4 is 11.6 Å². The molecular weight excluding hydrogens is 274 g/mol. The van der Waals surface area contributed by atoms with Crippen LogP contribution in [0.1, 0.15) is 40.3 Å². The van der Waals surface area contributed by atoms with Crippen molar-refractivity contribution in [3.8, 4) is 0 Å². The van der Waals surface area contributed by atoms with E-state index in [1.165, 1.54) is 0 Å². The Morgan fingerprint density at radius 2 is 1.86 bits per heavy atom. The molecule has 4 heteroatoms. The summed E-state index contributed by atoms with van der Waals surface area (Å²) in [5, 5.41) is 3.05. The van der Waals surface area contributed by atoms with Crippen molar-refractivity contribution in [3.05, 3.63) is 71.2 Å². The van der Waals surface area contributed by atoms with Crippen molar-refractivity contribution in [2.75, 3.05) is 0 Å². The number of amides is 1. The summed E-state index contributed by atoms with van der Waals surface area (Å²) in [5.74, 6) is -0.105. The number of rotatable bonds is 3. The number of imidazole rings is 1. The van der Waals surface area contributed by atoms with E-state index in [9.17, 15) is 4.79 Å². The predicted molar refractivity (Wildman–Crippen MR) is 87.0 cm³/mol. The van der Waals surface area contributed by atoms with Gasteiger partial charge in [0.05, 0.1) is 11.7 Å². The fourth-order valence-electron chi connectivity index (χ4n) is 2.63. The lowest BCUT2D eigenvalue weighted by atomic mass is 10.1. The Balaban J connectivity index is 1.92. The second kappa shape index (κ2) is 5.64. The minimum Gasteiger partial charge on any atom is -0.344 e. The van der Waals surface area contributed by atoms with Gasteiger partial charge in [0.2, 0.25) is 0 Å². The first-order valence-electron chi connectivity index (χ1n) is 7.37. The summed E-state index contributed by atoms with van der Waals surface area (Å²) in [6.45, 7) is 5.85. The minimum absolute atomic E-state index is 0.0524. The molecule has 1 atom stereocenters. The summed E-state index contributed by atoms with van der Waals surface area (Å²) in [6.07, 6.45) is 1.94. The average Bonchev–Trinajstić information content (AvgIpc) is 2.83. The molecule has 3 aromatic rings. The zero-order chi connectivity index (χ0) is 15.7. The van der Waals surface area contributed by atoms with Crippen LogP contribution < -0.4 is 5.32 Å². The third kappa shape index (κ3) is 2.60. The summed E-state index contributed by atoms with van der Waals surface area (Å²) in [5.41, 5.74) is 4.30. The number of pyridine rings is 1. The van der Waals surface area contributed by atoms with Gasteiger partial charge in [-0.15, -0.1) is 0 Å². The lowest BCUT2D eigenvalue weighted by Crippen LogP contribution is -2.28. The highest BCUT2D eigenvalue weighted by Crippen LogP contribution is 2.16.